The molecule has 0 radical (unpaired) electrons. The van der Waals surface area contributed by atoms with E-state index < -0.39 is 11.0 Å². The van der Waals surface area contributed by atoms with Crippen LogP contribution in [0.5, 0.6) is 0 Å². The Hall–Kier alpha value is -2.21. The van der Waals surface area contributed by atoms with Crippen LogP contribution in [-0.4, -0.2) is 27.7 Å². The summed E-state index contributed by atoms with van der Waals surface area (Å²) in [7, 11) is 0. The standard InChI is InChI=1S/C12H13N3O3/c1-8(16)6-14-12-9-4-2-3-5-10(9)13-7-11(12)15(17)18/h2-5,7-8,16H,6H2,1H3,(H,13,14). The monoisotopic (exact) mass is 247 g/mol. The van der Waals surface area contributed by atoms with Crippen molar-refractivity contribution in [2.45, 2.75) is 13.0 Å². The van der Waals surface area contributed by atoms with Crippen molar-refractivity contribution in [1.82, 2.24) is 4.98 Å². The highest BCUT2D eigenvalue weighted by molar-refractivity contribution is 5.95. The van der Waals surface area contributed by atoms with Crippen LogP contribution in [0.1, 0.15) is 6.92 Å². The lowest BCUT2D eigenvalue weighted by molar-refractivity contribution is -0.384. The summed E-state index contributed by atoms with van der Waals surface area (Å²) < 4.78 is 0. The third-order valence-corrected chi connectivity index (χ3v) is 2.53. The number of para-hydroxylation sites is 1. The summed E-state index contributed by atoms with van der Waals surface area (Å²) in [5, 5.41) is 23.8. The smallest absolute Gasteiger partial charge is 0.311 e. The summed E-state index contributed by atoms with van der Waals surface area (Å²) in [4.78, 5) is 14.5. The van der Waals surface area contributed by atoms with E-state index in [9.17, 15) is 15.2 Å². The van der Waals surface area contributed by atoms with Gasteiger partial charge in [-0.3, -0.25) is 10.1 Å². The number of nitro groups is 1. The number of aromatic nitrogens is 1. The maximum Gasteiger partial charge on any atom is 0.311 e. The van der Waals surface area contributed by atoms with E-state index in [0.717, 1.165) is 0 Å². The highest BCUT2D eigenvalue weighted by atomic mass is 16.6. The zero-order chi connectivity index (χ0) is 13.1. The fraction of sp³-hybridized carbons (Fsp3) is 0.250. The van der Waals surface area contributed by atoms with Gasteiger partial charge in [0.25, 0.3) is 0 Å². The number of rotatable bonds is 4. The van der Waals surface area contributed by atoms with E-state index in [1.807, 2.05) is 6.07 Å². The molecule has 0 aliphatic heterocycles. The van der Waals surface area contributed by atoms with Crippen molar-refractivity contribution in [3.63, 3.8) is 0 Å². The first-order valence-corrected chi connectivity index (χ1v) is 5.53. The van der Waals surface area contributed by atoms with Crippen molar-refractivity contribution < 1.29 is 10.0 Å². The van der Waals surface area contributed by atoms with Crippen LogP contribution in [0.25, 0.3) is 10.9 Å². The van der Waals surface area contributed by atoms with Crippen LogP contribution in [0.2, 0.25) is 0 Å². The van der Waals surface area contributed by atoms with E-state index >= 15 is 0 Å². The van der Waals surface area contributed by atoms with Crippen LogP contribution < -0.4 is 5.32 Å². The quantitative estimate of drug-likeness (QED) is 0.636. The molecule has 0 spiro atoms. The van der Waals surface area contributed by atoms with E-state index in [-0.39, 0.29) is 12.2 Å². The fourth-order valence-electron chi connectivity index (χ4n) is 1.70. The number of fused-ring (bicyclic) bond motifs is 1. The molecule has 2 N–H and O–H groups in total. The molecule has 0 aliphatic carbocycles. The van der Waals surface area contributed by atoms with Crippen molar-refractivity contribution in [2.75, 3.05) is 11.9 Å². The van der Waals surface area contributed by atoms with Gasteiger partial charge in [0.05, 0.1) is 16.5 Å². The summed E-state index contributed by atoms with van der Waals surface area (Å²) in [5.41, 5.74) is 0.983. The minimum absolute atomic E-state index is 0.0886. The van der Waals surface area contributed by atoms with Gasteiger partial charge in [0.15, 0.2) is 0 Å². The number of hydrogen-bond acceptors (Lipinski definition) is 5. The lowest BCUT2D eigenvalue weighted by Crippen LogP contribution is -2.16. The minimum atomic E-state index is -0.587. The molecule has 6 heteroatoms. The van der Waals surface area contributed by atoms with Gasteiger partial charge in [0, 0.05) is 11.9 Å². The Morgan fingerprint density at radius 3 is 2.89 bits per heavy atom. The van der Waals surface area contributed by atoms with Crippen LogP contribution >= 0.6 is 0 Å². The molecule has 0 aliphatic rings. The predicted molar refractivity (Wildman–Crippen MR) is 68.6 cm³/mol. The topological polar surface area (TPSA) is 88.3 Å². The maximum atomic E-state index is 11.0. The summed E-state index contributed by atoms with van der Waals surface area (Å²) in [6.45, 7) is 1.86. The van der Waals surface area contributed by atoms with Gasteiger partial charge >= 0.3 is 5.69 Å². The fourth-order valence-corrected chi connectivity index (χ4v) is 1.70. The average Bonchev–Trinajstić information content (AvgIpc) is 2.35. The summed E-state index contributed by atoms with van der Waals surface area (Å²) >= 11 is 0. The van der Waals surface area contributed by atoms with Gasteiger partial charge < -0.3 is 10.4 Å². The Bertz CT molecular complexity index is 584. The third-order valence-electron chi connectivity index (χ3n) is 2.53. The highest BCUT2D eigenvalue weighted by Crippen LogP contribution is 2.31. The van der Waals surface area contributed by atoms with Crippen molar-refractivity contribution in [1.29, 1.82) is 0 Å². The Balaban J connectivity index is 2.55. The first-order valence-electron chi connectivity index (χ1n) is 5.53. The van der Waals surface area contributed by atoms with Crippen molar-refractivity contribution >= 4 is 22.3 Å². The molecule has 1 atom stereocenters. The first kappa shape index (κ1) is 12.3. The minimum Gasteiger partial charge on any atom is -0.392 e. The average molecular weight is 247 g/mol. The van der Waals surface area contributed by atoms with Gasteiger partial charge in [-0.25, -0.2) is 4.98 Å². The molecule has 2 rings (SSSR count). The lowest BCUT2D eigenvalue weighted by atomic mass is 10.1. The normalized spacial score (nSPS) is 12.3. The van der Waals surface area contributed by atoms with Crippen LogP contribution in [0.15, 0.2) is 30.5 Å². The zero-order valence-corrected chi connectivity index (χ0v) is 9.83. The van der Waals surface area contributed by atoms with Gasteiger partial charge in [-0.15, -0.1) is 0 Å². The molecule has 1 heterocycles. The van der Waals surface area contributed by atoms with Gasteiger partial charge in [0.2, 0.25) is 0 Å². The van der Waals surface area contributed by atoms with E-state index in [4.69, 9.17) is 0 Å². The number of nitrogens with one attached hydrogen (secondary N) is 1. The van der Waals surface area contributed by atoms with Crippen molar-refractivity contribution in [3.05, 3.63) is 40.6 Å². The number of hydrogen-bond donors (Lipinski definition) is 2. The molecule has 94 valence electrons. The van der Waals surface area contributed by atoms with Crippen LogP contribution in [-0.2, 0) is 0 Å². The SMILES string of the molecule is CC(O)CNc1c([N+](=O)[O-])cnc2ccccc12. The molecule has 0 saturated heterocycles. The number of nitrogens with zero attached hydrogens (tertiary/aromatic N) is 2. The van der Waals surface area contributed by atoms with E-state index in [1.165, 1.54) is 6.20 Å². The molecule has 2 aromatic rings. The van der Waals surface area contributed by atoms with Gasteiger partial charge in [0.1, 0.15) is 11.9 Å². The second kappa shape index (κ2) is 4.97. The molecule has 18 heavy (non-hydrogen) atoms. The number of benzene rings is 1. The molecule has 0 bridgehead atoms. The van der Waals surface area contributed by atoms with Gasteiger partial charge in [-0.1, -0.05) is 18.2 Å². The number of anilines is 1. The molecular weight excluding hydrogens is 234 g/mol. The summed E-state index contributed by atoms with van der Waals surface area (Å²) in [6.07, 6.45) is 0.642. The molecular formula is C12H13N3O3. The Labute approximate surface area is 103 Å². The Kier molecular flexibility index (Phi) is 3.38. The van der Waals surface area contributed by atoms with Crippen molar-refractivity contribution in [2.24, 2.45) is 0 Å². The van der Waals surface area contributed by atoms with Gasteiger partial charge in [-0.05, 0) is 13.0 Å². The first-order chi connectivity index (χ1) is 8.59. The second-order valence-corrected chi connectivity index (χ2v) is 4.02. The molecule has 1 aromatic carbocycles. The largest absolute Gasteiger partial charge is 0.392 e. The summed E-state index contributed by atoms with van der Waals surface area (Å²) in [6, 6.07) is 7.16. The Morgan fingerprint density at radius 1 is 1.50 bits per heavy atom. The third kappa shape index (κ3) is 2.38. The molecule has 0 saturated carbocycles. The Morgan fingerprint density at radius 2 is 2.22 bits per heavy atom. The molecule has 1 aromatic heterocycles. The number of aliphatic hydroxyl groups is 1. The molecule has 6 nitrogen and oxygen atoms in total. The van der Waals surface area contributed by atoms with Gasteiger partial charge in [-0.2, -0.15) is 0 Å². The maximum absolute atomic E-state index is 11.0. The highest BCUT2D eigenvalue weighted by Gasteiger charge is 2.17. The molecule has 1 unspecified atom stereocenters. The van der Waals surface area contributed by atoms with E-state index in [2.05, 4.69) is 10.3 Å². The number of pyridine rings is 1. The molecule has 0 amide bonds. The lowest BCUT2D eigenvalue weighted by Gasteiger charge is -2.11. The van der Waals surface area contributed by atoms with Crippen molar-refractivity contribution in [3.8, 4) is 0 Å². The molecule has 0 fully saturated rings. The second-order valence-electron chi connectivity index (χ2n) is 4.02. The van der Waals surface area contributed by atoms with E-state index in [0.29, 0.717) is 16.6 Å². The zero-order valence-electron chi connectivity index (χ0n) is 9.83. The van der Waals surface area contributed by atoms with Crippen LogP contribution in [0.4, 0.5) is 11.4 Å². The number of aliphatic hydroxyl groups excluding tert-OH is 1. The van der Waals surface area contributed by atoms with Crippen LogP contribution in [0, 0.1) is 10.1 Å². The van der Waals surface area contributed by atoms with E-state index in [1.54, 1.807) is 25.1 Å². The summed E-state index contributed by atoms with van der Waals surface area (Å²) in [5.74, 6) is 0. The van der Waals surface area contributed by atoms with Crippen LogP contribution in [0.3, 0.4) is 0 Å². The predicted octanol–water partition coefficient (Wildman–Crippen LogP) is 1.94.